The van der Waals surface area contributed by atoms with E-state index in [4.69, 9.17) is 5.26 Å². The van der Waals surface area contributed by atoms with Gasteiger partial charge < -0.3 is 0 Å². The molecule has 0 radical (unpaired) electrons. The number of ketones is 1. The Hall–Kier alpha value is -0.840. The van der Waals surface area contributed by atoms with Crippen molar-refractivity contribution in [2.24, 2.45) is 11.8 Å². The van der Waals surface area contributed by atoms with E-state index in [0.717, 1.165) is 12.8 Å². The molecule has 0 amide bonds. The van der Waals surface area contributed by atoms with Crippen molar-refractivity contribution in [2.45, 2.75) is 26.2 Å². The Kier molecular flexibility index (Phi) is 2.06. The lowest BCUT2D eigenvalue weighted by atomic mass is 9.82. The molecule has 0 spiro atoms. The highest BCUT2D eigenvalue weighted by Crippen LogP contribution is 2.24. The SMILES string of the molecule is C[C@@H]1C[C@H](C#N)CCC1=O. The summed E-state index contributed by atoms with van der Waals surface area (Å²) in [6.07, 6.45) is 2.16. The fourth-order valence-corrected chi connectivity index (χ4v) is 1.36. The first-order valence-electron chi connectivity index (χ1n) is 3.66. The Morgan fingerprint density at radius 2 is 2.40 bits per heavy atom. The van der Waals surface area contributed by atoms with Gasteiger partial charge in [0.1, 0.15) is 5.78 Å². The lowest BCUT2D eigenvalue weighted by molar-refractivity contribution is -0.124. The van der Waals surface area contributed by atoms with Gasteiger partial charge in [0.2, 0.25) is 0 Å². The van der Waals surface area contributed by atoms with E-state index in [1.54, 1.807) is 0 Å². The predicted molar refractivity (Wildman–Crippen MR) is 37.1 cm³/mol. The monoisotopic (exact) mass is 137 g/mol. The third kappa shape index (κ3) is 1.36. The van der Waals surface area contributed by atoms with Crippen LogP contribution in [-0.2, 0) is 4.79 Å². The summed E-state index contributed by atoms with van der Waals surface area (Å²) >= 11 is 0. The summed E-state index contributed by atoms with van der Waals surface area (Å²) in [6, 6.07) is 2.20. The molecule has 10 heavy (non-hydrogen) atoms. The second-order valence-electron chi connectivity index (χ2n) is 2.97. The molecule has 0 aliphatic heterocycles. The number of carbonyl (C=O) groups excluding carboxylic acids is 1. The molecule has 54 valence electrons. The van der Waals surface area contributed by atoms with Gasteiger partial charge in [-0.25, -0.2) is 0 Å². The number of carbonyl (C=O) groups is 1. The van der Waals surface area contributed by atoms with Crippen LogP contribution < -0.4 is 0 Å². The van der Waals surface area contributed by atoms with Gasteiger partial charge in [0.25, 0.3) is 0 Å². The first-order chi connectivity index (χ1) is 4.74. The summed E-state index contributed by atoms with van der Waals surface area (Å²) in [7, 11) is 0. The van der Waals surface area contributed by atoms with E-state index in [1.165, 1.54) is 0 Å². The molecule has 0 bridgehead atoms. The van der Waals surface area contributed by atoms with Crippen molar-refractivity contribution in [3.63, 3.8) is 0 Å². The van der Waals surface area contributed by atoms with Gasteiger partial charge in [-0.3, -0.25) is 4.79 Å². The first-order valence-corrected chi connectivity index (χ1v) is 3.66. The molecule has 1 aliphatic carbocycles. The zero-order valence-corrected chi connectivity index (χ0v) is 6.13. The van der Waals surface area contributed by atoms with Crippen LogP contribution in [0.3, 0.4) is 0 Å². The molecule has 1 aliphatic rings. The number of nitriles is 1. The van der Waals surface area contributed by atoms with Gasteiger partial charge in [-0.05, 0) is 12.8 Å². The topological polar surface area (TPSA) is 40.9 Å². The van der Waals surface area contributed by atoms with E-state index in [9.17, 15) is 4.79 Å². The van der Waals surface area contributed by atoms with Gasteiger partial charge in [0.05, 0.1) is 6.07 Å². The fraction of sp³-hybridized carbons (Fsp3) is 0.750. The largest absolute Gasteiger partial charge is 0.299 e. The maximum atomic E-state index is 10.9. The quantitative estimate of drug-likeness (QED) is 0.507. The molecule has 0 saturated heterocycles. The number of Topliss-reactive ketones (excluding diaryl/α,β-unsaturated/α-hetero) is 1. The highest BCUT2D eigenvalue weighted by Gasteiger charge is 2.24. The predicted octanol–water partition coefficient (Wildman–Crippen LogP) is 1.52. The molecule has 1 fully saturated rings. The molecule has 0 heterocycles. The maximum Gasteiger partial charge on any atom is 0.135 e. The van der Waals surface area contributed by atoms with Crippen LogP contribution in [0.15, 0.2) is 0 Å². The first kappa shape index (κ1) is 7.27. The molecule has 0 N–H and O–H groups in total. The van der Waals surface area contributed by atoms with Crippen molar-refractivity contribution in [1.29, 1.82) is 5.26 Å². The van der Waals surface area contributed by atoms with Crippen molar-refractivity contribution in [1.82, 2.24) is 0 Å². The zero-order valence-electron chi connectivity index (χ0n) is 6.13. The zero-order chi connectivity index (χ0) is 7.56. The second kappa shape index (κ2) is 2.83. The summed E-state index contributed by atoms with van der Waals surface area (Å²) in [4.78, 5) is 10.9. The summed E-state index contributed by atoms with van der Waals surface area (Å²) in [6.45, 7) is 1.91. The molecule has 2 heteroatoms. The standard InChI is InChI=1S/C8H11NO/c1-6-4-7(5-9)2-3-8(6)10/h6-7H,2-4H2,1H3/t6-,7-/m1/s1. The van der Waals surface area contributed by atoms with Gasteiger partial charge in [0.15, 0.2) is 0 Å². The highest BCUT2D eigenvalue weighted by atomic mass is 16.1. The summed E-state index contributed by atoms with van der Waals surface area (Å²) in [5.74, 6) is 0.581. The van der Waals surface area contributed by atoms with Gasteiger partial charge in [-0.15, -0.1) is 0 Å². The Morgan fingerprint density at radius 1 is 1.70 bits per heavy atom. The smallest absolute Gasteiger partial charge is 0.135 e. The fourth-order valence-electron chi connectivity index (χ4n) is 1.36. The van der Waals surface area contributed by atoms with E-state index in [-0.39, 0.29) is 11.8 Å². The van der Waals surface area contributed by atoms with Crippen molar-refractivity contribution < 1.29 is 4.79 Å². The summed E-state index contributed by atoms with van der Waals surface area (Å²) in [5, 5.41) is 8.53. The van der Waals surface area contributed by atoms with Crippen LogP contribution in [-0.4, -0.2) is 5.78 Å². The Morgan fingerprint density at radius 3 is 2.90 bits per heavy atom. The number of hydrogen-bond acceptors (Lipinski definition) is 2. The van der Waals surface area contributed by atoms with Gasteiger partial charge in [0, 0.05) is 18.3 Å². The molecule has 1 saturated carbocycles. The van der Waals surface area contributed by atoms with Crippen LogP contribution in [0.1, 0.15) is 26.2 Å². The number of rotatable bonds is 0. The minimum atomic E-state index is 0.124. The second-order valence-corrected chi connectivity index (χ2v) is 2.97. The van der Waals surface area contributed by atoms with Crippen LogP contribution in [0.4, 0.5) is 0 Å². The molecule has 0 aromatic rings. The minimum Gasteiger partial charge on any atom is -0.299 e. The van der Waals surface area contributed by atoms with Gasteiger partial charge in [-0.2, -0.15) is 5.26 Å². The Labute approximate surface area is 60.8 Å². The molecule has 1 rings (SSSR count). The van der Waals surface area contributed by atoms with Crippen LogP contribution in [0.5, 0.6) is 0 Å². The Balaban J connectivity index is 2.50. The summed E-state index contributed by atoms with van der Waals surface area (Å²) in [5.41, 5.74) is 0. The molecular formula is C8H11NO. The van der Waals surface area contributed by atoms with Crippen LogP contribution in [0, 0.1) is 23.2 Å². The van der Waals surface area contributed by atoms with Crippen LogP contribution in [0.25, 0.3) is 0 Å². The van der Waals surface area contributed by atoms with E-state index in [0.29, 0.717) is 12.2 Å². The Bertz CT molecular complexity index is 180. The number of nitrogens with zero attached hydrogens (tertiary/aromatic N) is 1. The van der Waals surface area contributed by atoms with Crippen molar-refractivity contribution in [3.05, 3.63) is 0 Å². The van der Waals surface area contributed by atoms with Crippen molar-refractivity contribution in [2.75, 3.05) is 0 Å². The maximum absolute atomic E-state index is 10.9. The average Bonchev–Trinajstić information content (AvgIpc) is 1.95. The highest BCUT2D eigenvalue weighted by molar-refractivity contribution is 5.81. The summed E-state index contributed by atoms with van der Waals surface area (Å²) < 4.78 is 0. The van der Waals surface area contributed by atoms with E-state index >= 15 is 0 Å². The molecular weight excluding hydrogens is 126 g/mol. The lowest BCUT2D eigenvalue weighted by Gasteiger charge is -2.19. The van der Waals surface area contributed by atoms with Crippen LogP contribution in [0.2, 0.25) is 0 Å². The molecule has 2 nitrogen and oxygen atoms in total. The van der Waals surface area contributed by atoms with Crippen molar-refractivity contribution in [3.8, 4) is 6.07 Å². The van der Waals surface area contributed by atoms with E-state index in [2.05, 4.69) is 6.07 Å². The lowest BCUT2D eigenvalue weighted by Crippen LogP contribution is -2.21. The third-order valence-electron chi connectivity index (χ3n) is 2.11. The normalized spacial score (nSPS) is 33.4. The third-order valence-corrected chi connectivity index (χ3v) is 2.11. The molecule has 0 aromatic carbocycles. The van der Waals surface area contributed by atoms with Gasteiger partial charge in [-0.1, -0.05) is 6.92 Å². The van der Waals surface area contributed by atoms with Crippen molar-refractivity contribution >= 4 is 5.78 Å². The van der Waals surface area contributed by atoms with Crippen LogP contribution >= 0.6 is 0 Å². The molecule has 0 unspecified atom stereocenters. The molecule has 2 atom stereocenters. The van der Waals surface area contributed by atoms with E-state index in [1.807, 2.05) is 6.92 Å². The molecule has 0 aromatic heterocycles. The van der Waals surface area contributed by atoms with Gasteiger partial charge >= 0.3 is 0 Å². The minimum absolute atomic E-state index is 0.124. The number of hydrogen-bond donors (Lipinski definition) is 0. The van der Waals surface area contributed by atoms with E-state index < -0.39 is 0 Å². The average molecular weight is 137 g/mol.